The third-order valence-corrected chi connectivity index (χ3v) is 9.41. The van der Waals surface area contributed by atoms with Crippen LogP contribution in [-0.4, -0.2) is 39.6 Å². The minimum Gasteiger partial charge on any atom is -0.292 e. The summed E-state index contributed by atoms with van der Waals surface area (Å²) in [5.74, 6) is -4.30. The first-order chi connectivity index (χ1) is 20.3. The van der Waals surface area contributed by atoms with Gasteiger partial charge in [0.2, 0.25) is 0 Å². The number of imide groups is 1. The van der Waals surface area contributed by atoms with Crippen LogP contribution in [0.5, 0.6) is 0 Å². The smallest absolute Gasteiger partial charge is 0.275 e. The molecule has 0 spiro atoms. The number of carbonyl (C=O) groups is 4. The van der Waals surface area contributed by atoms with Gasteiger partial charge in [-0.05, 0) is 65.6 Å². The fraction of sp³-hybridized carbons (Fsp3) is 0.176. The van der Waals surface area contributed by atoms with E-state index in [2.05, 4.69) is 0 Å². The summed E-state index contributed by atoms with van der Waals surface area (Å²) in [5, 5.41) is 2.54. The molecule has 42 heavy (non-hydrogen) atoms. The van der Waals surface area contributed by atoms with E-state index in [4.69, 9.17) is 23.2 Å². The van der Waals surface area contributed by atoms with Crippen molar-refractivity contribution in [1.82, 2.24) is 10.0 Å². The van der Waals surface area contributed by atoms with Crippen molar-refractivity contribution >= 4 is 46.7 Å². The zero-order valence-corrected chi connectivity index (χ0v) is 23.9. The third-order valence-electron chi connectivity index (χ3n) is 8.83. The Morgan fingerprint density at radius 3 is 1.62 bits per heavy atom. The molecule has 0 N–H and O–H groups in total. The van der Waals surface area contributed by atoms with Crippen molar-refractivity contribution in [2.24, 2.45) is 11.8 Å². The third kappa shape index (κ3) is 3.79. The van der Waals surface area contributed by atoms with Crippen LogP contribution >= 0.6 is 23.2 Å². The number of hydrogen-bond acceptors (Lipinski definition) is 4. The van der Waals surface area contributed by atoms with Crippen molar-refractivity contribution in [1.29, 1.82) is 0 Å². The molecule has 1 aliphatic heterocycles. The zero-order valence-electron chi connectivity index (χ0n) is 22.4. The van der Waals surface area contributed by atoms with E-state index in [1.807, 2.05) is 48.5 Å². The van der Waals surface area contributed by atoms with E-state index in [0.29, 0.717) is 10.6 Å². The molecule has 0 aromatic heterocycles. The summed E-state index contributed by atoms with van der Waals surface area (Å²) in [5.41, 5.74) is 4.43. The molecule has 3 aliphatic carbocycles. The lowest BCUT2D eigenvalue weighted by atomic mass is 9.55. The van der Waals surface area contributed by atoms with Crippen LogP contribution in [0.15, 0.2) is 97.1 Å². The van der Waals surface area contributed by atoms with Crippen LogP contribution in [0.2, 0.25) is 10.0 Å². The lowest BCUT2D eigenvalue weighted by Gasteiger charge is -2.45. The summed E-state index contributed by atoms with van der Waals surface area (Å²) in [7, 11) is 0. The van der Waals surface area contributed by atoms with Crippen molar-refractivity contribution in [3.05, 3.63) is 140 Å². The van der Waals surface area contributed by atoms with Crippen LogP contribution in [0.25, 0.3) is 0 Å². The molecule has 4 aromatic carbocycles. The number of rotatable bonds is 5. The number of carbonyl (C=O) groups excluding carboxylic acids is 4. The summed E-state index contributed by atoms with van der Waals surface area (Å²) in [6.07, 6.45) is 0. The molecule has 0 radical (unpaired) electrons. The molecule has 2 bridgehead atoms. The van der Waals surface area contributed by atoms with Gasteiger partial charge in [-0.3, -0.25) is 19.2 Å². The molecule has 4 aliphatic rings. The van der Waals surface area contributed by atoms with E-state index in [1.165, 1.54) is 13.0 Å². The molecule has 1 heterocycles. The molecule has 6 nitrogen and oxygen atoms in total. The van der Waals surface area contributed by atoms with Crippen molar-refractivity contribution in [3.63, 3.8) is 0 Å². The fourth-order valence-electron chi connectivity index (χ4n) is 7.04. The molecule has 8 heteroatoms. The van der Waals surface area contributed by atoms with E-state index < -0.39 is 41.4 Å². The minimum absolute atomic E-state index is 0.0833. The van der Waals surface area contributed by atoms with Gasteiger partial charge in [0.1, 0.15) is 6.04 Å². The van der Waals surface area contributed by atoms with E-state index in [-0.39, 0.29) is 22.4 Å². The number of benzene rings is 4. The Labute approximate surface area is 252 Å². The van der Waals surface area contributed by atoms with E-state index >= 15 is 0 Å². The first-order valence-corrected chi connectivity index (χ1v) is 14.5. The maximum atomic E-state index is 14.5. The number of halogens is 2. The summed E-state index contributed by atoms with van der Waals surface area (Å²) in [6.45, 7) is 1.52. The van der Waals surface area contributed by atoms with Gasteiger partial charge in [0.15, 0.2) is 5.78 Å². The molecule has 1 saturated heterocycles. The van der Waals surface area contributed by atoms with Gasteiger partial charge in [0, 0.05) is 22.4 Å². The Hall–Kier alpha value is -4.26. The van der Waals surface area contributed by atoms with Gasteiger partial charge in [0.05, 0.1) is 22.4 Å². The van der Waals surface area contributed by atoms with Crippen LogP contribution in [0, 0.1) is 11.8 Å². The molecule has 1 fully saturated rings. The Bertz CT molecular complexity index is 1690. The lowest BCUT2D eigenvalue weighted by Crippen LogP contribution is -2.56. The Morgan fingerprint density at radius 2 is 1.14 bits per heavy atom. The highest BCUT2D eigenvalue weighted by Crippen LogP contribution is 2.61. The summed E-state index contributed by atoms with van der Waals surface area (Å²) < 4.78 is 0. The van der Waals surface area contributed by atoms with E-state index in [1.54, 1.807) is 42.5 Å². The highest BCUT2D eigenvalue weighted by molar-refractivity contribution is 6.34. The molecule has 208 valence electrons. The van der Waals surface area contributed by atoms with Gasteiger partial charge < -0.3 is 0 Å². The first kappa shape index (κ1) is 26.6. The van der Waals surface area contributed by atoms with Gasteiger partial charge in [-0.15, -0.1) is 0 Å². The molecular weight excluding hydrogens is 571 g/mol. The largest absolute Gasteiger partial charge is 0.292 e. The lowest BCUT2D eigenvalue weighted by molar-refractivity contribution is -0.156. The molecular formula is C34H24Cl2N2O4. The summed E-state index contributed by atoms with van der Waals surface area (Å²) >= 11 is 12.5. The minimum atomic E-state index is -1.20. The standard InChI is InChI=1S/C34H24Cl2N2O4/c1-18(31(39)19-14-16-20(35)17-15-19)37(32(40)25-12-6-7-13-26(25)36)38-33(41)29-27-21-8-2-3-9-22(21)28(30(29)34(38)42)24-11-5-4-10-23(24)27/h2-18,27-30H,1H3/t18-,27?,28?,29+,30+/m1/s1. The first-order valence-electron chi connectivity index (χ1n) is 13.7. The van der Waals surface area contributed by atoms with Gasteiger partial charge in [0.25, 0.3) is 17.7 Å². The van der Waals surface area contributed by atoms with Crippen LogP contribution in [0.1, 0.15) is 61.7 Å². The average Bonchev–Trinajstić information content (AvgIpc) is 3.27. The highest BCUT2D eigenvalue weighted by Gasteiger charge is 2.63. The monoisotopic (exact) mass is 594 g/mol. The van der Waals surface area contributed by atoms with Gasteiger partial charge >= 0.3 is 0 Å². The van der Waals surface area contributed by atoms with Crippen molar-refractivity contribution in [2.75, 3.05) is 0 Å². The second-order valence-electron chi connectivity index (χ2n) is 10.9. The predicted molar refractivity (Wildman–Crippen MR) is 158 cm³/mol. The number of amides is 3. The van der Waals surface area contributed by atoms with Crippen molar-refractivity contribution < 1.29 is 19.2 Å². The molecule has 3 atom stereocenters. The molecule has 8 rings (SSSR count). The number of ketones is 1. The Kier molecular flexibility index (Phi) is 6.30. The van der Waals surface area contributed by atoms with E-state index in [9.17, 15) is 19.2 Å². The second-order valence-corrected chi connectivity index (χ2v) is 11.8. The topological polar surface area (TPSA) is 74.8 Å². The fourth-order valence-corrected chi connectivity index (χ4v) is 7.38. The number of hydrogen-bond donors (Lipinski definition) is 0. The SMILES string of the molecule is C[C@H](C(=O)c1ccc(Cl)cc1)N(C(=O)c1ccccc1Cl)N1C(=O)[C@H]2C3c4ccccc4C(c4ccccc43)[C@@H]2C1=O. The van der Waals surface area contributed by atoms with Crippen LogP contribution in [-0.2, 0) is 9.59 Å². The van der Waals surface area contributed by atoms with Gasteiger partial charge in [-0.1, -0.05) is 83.9 Å². The molecule has 4 aromatic rings. The van der Waals surface area contributed by atoms with Crippen molar-refractivity contribution in [3.8, 4) is 0 Å². The van der Waals surface area contributed by atoms with Crippen molar-refractivity contribution in [2.45, 2.75) is 24.8 Å². The predicted octanol–water partition coefficient (Wildman–Crippen LogP) is 6.51. The number of nitrogens with zero attached hydrogens (tertiary/aromatic N) is 2. The van der Waals surface area contributed by atoms with Crippen LogP contribution < -0.4 is 0 Å². The van der Waals surface area contributed by atoms with Gasteiger partial charge in [-0.25, -0.2) is 5.01 Å². The van der Waals surface area contributed by atoms with E-state index in [0.717, 1.165) is 32.3 Å². The second kappa shape index (κ2) is 9.93. The summed E-state index contributed by atoms with van der Waals surface area (Å²) in [4.78, 5) is 57.0. The summed E-state index contributed by atoms with van der Waals surface area (Å²) in [6, 6.07) is 27.3. The van der Waals surface area contributed by atoms with Crippen LogP contribution in [0.4, 0.5) is 0 Å². The quantitative estimate of drug-likeness (QED) is 0.195. The zero-order chi connectivity index (χ0) is 29.3. The number of Topliss-reactive ketones (excluding diaryl/α,β-unsaturated/α-hetero) is 1. The molecule has 3 amide bonds. The van der Waals surface area contributed by atoms with Crippen LogP contribution in [0.3, 0.4) is 0 Å². The average molecular weight is 595 g/mol. The number of hydrazine groups is 1. The highest BCUT2D eigenvalue weighted by atomic mass is 35.5. The molecule has 0 saturated carbocycles. The molecule has 0 unspecified atom stereocenters. The maximum absolute atomic E-state index is 14.5. The maximum Gasteiger partial charge on any atom is 0.275 e. The van der Waals surface area contributed by atoms with Gasteiger partial charge in [-0.2, -0.15) is 5.01 Å². The Morgan fingerprint density at radius 1 is 0.690 bits per heavy atom. The normalized spacial score (nSPS) is 22.3. The Balaban J connectivity index is 1.36.